The Hall–Kier alpha value is -1.60. The summed E-state index contributed by atoms with van der Waals surface area (Å²) in [6.45, 7) is 3.08. The predicted octanol–water partition coefficient (Wildman–Crippen LogP) is 2.32. The van der Waals surface area contributed by atoms with Crippen LogP contribution in [0.25, 0.3) is 0 Å². The van der Waals surface area contributed by atoms with Crippen LogP contribution in [0.15, 0.2) is 22.7 Å². The Balaban J connectivity index is 2.14. The molecule has 2 amide bonds. The monoisotopic (exact) mass is 355 g/mol. The molecule has 1 fully saturated rings. The number of urea groups is 1. The molecule has 2 N–H and O–H groups in total. The van der Waals surface area contributed by atoms with Gasteiger partial charge in [0.2, 0.25) is 0 Å². The number of carboxylic acid groups (broad SMARTS) is 1. The van der Waals surface area contributed by atoms with Crippen LogP contribution >= 0.6 is 15.9 Å². The quantitative estimate of drug-likeness (QED) is 0.853. The molecule has 0 aromatic heterocycles. The topological polar surface area (TPSA) is 72.9 Å². The number of nitrogens with one attached hydrogen (secondary N) is 1. The number of carboxylic acids is 1. The van der Waals surface area contributed by atoms with Gasteiger partial charge < -0.3 is 20.2 Å². The van der Waals surface area contributed by atoms with Crippen molar-refractivity contribution in [2.75, 3.05) is 38.5 Å². The molecule has 1 aromatic rings. The van der Waals surface area contributed by atoms with E-state index in [1.54, 1.807) is 17.0 Å². The van der Waals surface area contributed by atoms with Crippen molar-refractivity contribution in [2.45, 2.75) is 6.42 Å². The molecule has 7 heteroatoms. The SMILES string of the molecule is CN1CCCN(C(=O)Nc2c(Br)cccc2C(=O)O)CC1. The highest BCUT2D eigenvalue weighted by Crippen LogP contribution is 2.27. The van der Waals surface area contributed by atoms with Crippen LogP contribution in [0.4, 0.5) is 10.5 Å². The number of likely N-dealkylation sites (N-methyl/N-ethyl adjacent to an activating group) is 1. The Labute approximate surface area is 131 Å². The van der Waals surface area contributed by atoms with Crippen molar-refractivity contribution < 1.29 is 14.7 Å². The van der Waals surface area contributed by atoms with Crippen molar-refractivity contribution in [3.8, 4) is 0 Å². The third kappa shape index (κ3) is 3.95. The molecule has 1 aliphatic heterocycles. The number of hydrogen-bond donors (Lipinski definition) is 2. The van der Waals surface area contributed by atoms with Gasteiger partial charge in [-0.3, -0.25) is 0 Å². The van der Waals surface area contributed by atoms with E-state index in [1.165, 1.54) is 6.07 Å². The normalized spacial score (nSPS) is 16.4. The summed E-state index contributed by atoms with van der Waals surface area (Å²) in [5, 5.41) is 11.9. The number of aromatic carboxylic acids is 1. The first kappa shape index (κ1) is 15.8. The highest BCUT2D eigenvalue weighted by Gasteiger charge is 2.20. The second-order valence-corrected chi connectivity index (χ2v) is 5.90. The van der Waals surface area contributed by atoms with E-state index >= 15 is 0 Å². The third-order valence-electron chi connectivity index (χ3n) is 3.48. The number of para-hydroxylation sites is 1. The standard InChI is InChI=1S/C14H18BrN3O3/c1-17-6-3-7-18(9-8-17)14(21)16-12-10(13(19)20)4-2-5-11(12)15/h2,4-5H,3,6-9H2,1H3,(H,16,21)(H,19,20). The lowest BCUT2D eigenvalue weighted by Gasteiger charge is -2.22. The maximum Gasteiger partial charge on any atom is 0.337 e. The van der Waals surface area contributed by atoms with E-state index < -0.39 is 5.97 Å². The average Bonchev–Trinajstić information content (AvgIpc) is 2.65. The van der Waals surface area contributed by atoms with Crippen molar-refractivity contribution in [3.05, 3.63) is 28.2 Å². The van der Waals surface area contributed by atoms with Crippen LogP contribution in [-0.4, -0.2) is 60.1 Å². The molecule has 114 valence electrons. The summed E-state index contributed by atoms with van der Waals surface area (Å²) in [6, 6.07) is 4.54. The van der Waals surface area contributed by atoms with E-state index in [0.29, 0.717) is 23.2 Å². The number of nitrogens with zero attached hydrogens (tertiary/aromatic N) is 2. The third-order valence-corrected chi connectivity index (χ3v) is 4.14. The largest absolute Gasteiger partial charge is 0.478 e. The molecule has 2 rings (SSSR count). The number of carbonyl (C=O) groups is 2. The lowest BCUT2D eigenvalue weighted by atomic mass is 10.2. The summed E-state index contributed by atoms with van der Waals surface area (Å²) < 4.78 is 0.558. The molecule has 0 spiro atoms. The fourth-order valence-electron chi connectivity index (χ4n) is 2.26. The lowest BCUT2D eigenvalue weighted by Crippen LogP contribution is -2.38. The minimum atomic E-state index is -1.07. The van der Waals surface area contributed by atoms with E-state index in [9.17, 15) is 14.7 Å². The summed E-state index contributed by atoms with van der Waals surface area (Å²) in [7, 11) is 2.03. The van der Waals surface area contributed by atoms with Crippen molar-refractivity contribution in [3.63, 3.8) is 0 Å². The van der Waals surface area contributed by atoms with Gasteiger partial charge in [0, 0.05) is 24.1 Å². The molecule has 0 radical (unpaired) electrons. The highest BCUT2D eigenvalue weighted by atomic mass is 79.9. The highest BCUT2D eigenvalue weighted by molar-refractivity contribution is 9.10. The number of benzene rings is 1. The Morgan fingerprint density at radius 1 is 1.24 bits per heavy atom. The number of amides is 2. The van der Waals surface area contributed by atoms with Crippen LogP contribution in [0.5, 0.6) is 0 Å². The van der Waals surface area contributed by atoms with Gasteiger partial charge in [-0.05, 0) is 48.1 Å². The summed E-state index contributed by atoms with van der Waals surface area (Å²) in [4.78, 5) is 27.5. The van der Waals surface area contributed by atoms with E-state index in [0.717, 1.165) is 19.5 Å². The molecule has 1 aliphatic rings. The molecule has 1 aromatic carbocycles. The van der Waals surface area contributed by atoms with E-state index in [2.05, 4.69) is 26.1 Å². The fraction of sp³-hybridized carbons (Fsp3) is 0.429. The molecule has 0 unspecified atom stereocenters. The van der Waals surface area contributed by atoms with Gasteiger partial charge in [-0.1, -0.05) is 6.07 Å². The van der Waals surface area contributed by atoms with Crippen molar-refractivity contribution >= 4 is 33.6 Å². The molecule has 0 bridgehead atoms. The van der Waals surface area contributed by atoms with Gasteiger partial charge in [0.25, 0.3) is 0 Å². The zero-order valence-electron chi connectivity index (χ0n) is 11.8. The van der Waals surface area contributed by atoms with Crippen LogP contribution in [0, 0.1) is 0 Å². The van der Waals surface area contributed by atoms with E-state index in [1.807, 2.05) is 7.05 Å². The second kappa shape index (κ2) is 6.91. The maximum absolute atomic E-state index is 12.3. The van der Waals surface area contributed by atoms with Crippen molar-refractivity contribution in [1.29, 1.82) is 0 Å². The molecule has 0 atom stereocenters. The molecule has 0 saturated carbocycles. The van der Waals surface area contributed by atoms with Gasteiger partial charge in [0.15, 0.2) is 0 Å². The molecule has 6 nitrogen and oxygen atoms in total. The maximum atomic E-state index is 12.3. The molecular weight excluding hydrogens is 338 g/mol. The number of hydrogen-bond acceptors (Lipinski definition) is 3. The van der Waals surface area contributed by atoms with Crippen LogP contribution in [-0.2, 0) is 0 Å². The Bertz CT molecular complexity index is 550. The summed E-state index contributed by atoms with van der Waals surface area (Å²) in [6.07, 6.45) is 0.908. The molecule has 1 saturated heterocycles. The minimum Gasteiger partial charge on any atom is -0.478 e. The Morgan fingerprint density at radius 3 is 2.71 bits per heavy atom. The van der Waals surface area contributed by atoms with Crippen LogP contribution in [0.2, 0.25) is 0 Å². The number of carbonyl (C=O) groups excluding carboxylic acids is 1. The Morgan fingerprint density at radius 2 is 2.00 bits per heavy atom. The number of halogens is 1. The van der Waals surface area contributed by atoms with Gasteiger partial charge in [-0.15, -0.1) is 0 Å². The van der Waals surface area contributed by atoms with Crippen LogP contribution < -0.4 is 5.32 Å². The zero-order valence-corrected chi connectivity index (χ0v) is 13.4. The first-order chi connectivity index (χ1) is 9.99. The predicted molar refractivity (Wildman–Crippen MR) is 83.8 cm³/mol. The van der Waals surface area contributed by atoms with Crippen LogP contribution in [0.1, 0.15) is 16.8 Å². The smallest absolute Gasteiger partial charge is 0.337 e. The summed E-state index contributed by atoms with van der Waals surface area (Å²) in [5.41, 5.74) is 0.372. The van der Waals surface area contributed by atoms with E-state index in [-0.39, 0.29) is 11.6 Å². The molecular formula is C14H18BrN3O3. The second-order valence-electron chi connectivity index (χ2n) is 5.04. The first-order valence-electron chi connectivity index (χ1n) is 6.75. The fourth-order valence-corrected chi connectivity index (χ4v) is 2.73. The summed E-state index contributed by atoms with van der Waals surface area (Å²) in [5.74, 6) is -1.07. The molecule has 0 aliphatic carbocycles. The Kier molecular flexibility index (Phi) is 5.19. The van der Waals surface area contributed by atoms with Gasteiger partial charge in [0.1, 0.15) is 0 Å². The summed E-state index contributed by atoms with van der Waals surface area (Å²) >= 11 is 3.29. The van der Waals surface area contributed by atoms with Gasteiger partial charge >= 0.3 is 12.0 Å². The van der Waals surface area contributed by atoms with Gasteiger partial charge in [0.05, 0.1) is 11.3 Å². The zero-order chi connectivity index (χ0) is 15.4. The van der Waals surface area contributed by atoms with Gasteiger partial charge in [-0.2, -0.15) is 0 Å². The number of anilines is 1. The molecule has 1 heterocycles. The van der Waals surface area contributed by atoms with Gasteiger partial charge in [-0.25, -0.2) is 9.59 Å². The lowest BCUT2D eigenvalue weighted by molar-refractivity contribution is 0.0698. The van der Waals surface area contributed by atoms with Crippen molar-refractivity contribution in [2.24, 2.45) is 0 Å². The van der Waals surface area contributed by atoms with E-state index in [4.69, 9.17) is 0 Å². The number of rotatable bonds is 2. The average molecular weight is 356 g/mol. The van der Waals surface area contributed by atoms with Crippen LogP contribution in [0.3, 0.4) is 0 Å². The first-order valence-corrected chi connectivity index (χ1v) is 7.54. The van der Waals surface area contributed by atoms with Crippen molar-refractivity contribution in [1.82, 2.24) is 9.80 Å². The molecule has 21 heavy (non-hydrogen) atoms. The minimum absolute atomic E-state index is 0.0738.